The lowest BCUT2D eigenvalue weighted by atomic mass is 10.1. The third kappa shape index (κ3) is 2.56. The zero-order valence-electron chi connectivity index (χ0n) is 10.1. The lowest BCUT2D eigenvalue weighted by Gasteiger charge is -2.28. The fraction of sp³-hybridized carbons (Fsp3) is 0.125. The fourth-order valence-corrected chi connectivity index (χ4v) is 1.99. The van der Waals surface area contributed by atoms with Crippen LogP contribution in [0, 0.1) is 0 Å². The predicted molar refractivity (Wildman–Crippen MR) is 74.2 cm³/mol. The molecule has 86 valence electrons. The highest BCUT2D eigenvalue weighted by Crippen LogP contribution is 2.25. The molecule has 0 heterocycles. The minimum Gasteiger partial charge on any atom is -0.364 e. The number of anilines is 1. The van der Waals surface area contributed by atoms with Crippen LogP contribution in [0.2, 0.25) is 0 Å². The first-order valence-corrected chi connectivity index (χ1v) is 5.78. The Kier molecular flexibility index (Phi) is 3.61. The van der Waals surface area contributed by atoms with Crippen molar-refractivity contribution in [2.75, 3.05) is 11.9 Å². The van der Waals surface area contributed by atoms with Crippen molar-refractivity contribution in [1.82, 2.24) is 0 Å². The first-order chi connectivity index (χ1) is 8.33. The van der Waals surface area contributed by atoms with Crippen molar-refractivity contribution in [2.24, 2.45) is 0 Å². The summed E-state index contributed by atoms with van der Waals surface area (Å²) in [4.78, 5) is 2.22. The third-order valence-corrected chi connectivity index (χ3v) is 2.95. The second-order valence-corrected chi connectivity index (χ2v) is 4.04. The lowest BCUT2D eigenvalue weighted by molar-refractivity contribution is 0.812. The van der Waals surface area contributed by atoms with E-state index in [0.717, 1.165) is 0 Å². The molecule has 0 radical (unpaired) electrons. The Balaban J connectivity index is 2.28. The minimum absolute atomic E-state index is 0.207. The van der Waals surface area contributed by atoms with E-state index in [1.807, 2.05) is 18.2 Å². The maximum atomic E-state index is 3.94. The van der Waals surface area contributed by atoms with Crippen molar-refractivity contribution in [2.45, 2.75) is 6.04 Å². The molecule has 0 saturated carbocycles. The van der Waals surface area contributed by atoms with Crippen molar-refractivity contribution in [3.05, 3.63) is 78.9 Å². The fourth-order valence-electron chi connectivity index (χ4n) is 1.99. The Hall–Kier alpha value is -2.02. The van der Waals surface area contributed by atoms with Gasteiger partial charge in [-0.15, -0.1) is 6.58 Å². The van der Waals surface area contributed by atoms with E-state index < -0.39 is 0 Å². The Morgan fingerprint density at radius 2 is 1.47 bits per heavy atom. The number of rotatable bonds is 4. The van der Waals surface area contributed by atoms with Gasteiger partial charge < -0.3 is 4.90 Å². The first kappa shape index (κ1) is 11.5. The van der Waals surface area contributed by atoms with E-state index in [9.17, 15) is 0 Å². The van der Waals surface area contributed by atoms with Gasteiger partial charge in [-0.3, -0.25) is 0 Å². The van der Waals surface area contributed by atoms with Crippen LogP contribution in [0.25, 0.3) is 0 Å². The molecule has 1 unspecified atom stereocenters. The number of hydrogen-bond acceptors (Lipinski definition) is 1. The van der Waals surface area contributed by atoms with E-state index in [4.69, 9.17) is 0 Å². The van der Waals surface area contributed by atoms with E-state index in [0.29, 0.717) is 0 Å². The van der Waals surface area contributed by atoms with Crippen LogP contribution >= 0.6 is 0 Å². The Labute approximate surface area is 103 Å². The molecule has 0 spiro atoms. The first-order valence-electron chi connectivity index (χ1n) is 5.78. The van der Waals surface area contributed by atoms with Crippen LogP contribution in [-0.4, -0.2) is 7.05 Å². The average Bonchev–Trinajstić information content (AvgIpc) is 2.42. The zero-order valence-corrected chi connectivity index (χ0v) is 10.1. The van der Waals surface area contributed by atoms with Crippen molar-refractivity contribution >= 4 is 5.69 Å². The molecule has 0 aliphatic heterocycles. The molecule has 0 aromatic heterocycles. The van der Waals surface area contributed by atoms with Gasteiger partial charge in [0.2, 0.25) is 0 Å². The molecule has 0 amide bonds. The number of likely N-dealkylation sites (N-methyl/N-ethyl adjacent to an activating group) is 1. The molecule has 0 bridgehead atoms. The van der Waals surface area contributed by atoms with Crippen LogP contribution in [0.5, 0.6) is 0 Å². The quantitative estimate of drug-likeness (QED) is 0.707. The van der Waals surface area contributed by atoms with Crippen LogP contribution < -0.4 is 4.90 Å². The number of benzene rings is 2. The minimum atomic E-state index is 0.207. The van der Waals surface area contributed by atoms with Crippen LogP contribution in [-0.2, 0) is 0 Å². The maximum absolute atomic E-state index is 3.94. The van der Waals surface area contributed by atoms with Gasteiger partial charge in [0.05, 0.1) is 6.04 Å². The topological polar surface area (TPSA) is 3.24 Å². The second kappa shape index (κ2) is 5.35. The molecule has 0 N–H and O–H groups in total. The molecular formula is C16H17N. The average molecular weight is 223 g/mol. The smallest absolute Gasteiger partial charge is 0.0720 e. The van der Waals surface area contributed by atoms with Crippen LogP contribution in [0.1, 0.15) is 11.6 Å². The van der Waals surface area contributed by atoms with E-state index in [-0.39, 0.29) is 6.04 Å². The van der Waals surface area contributed by atoms with Gasteiger partial charge in [0.1, 0.15) is 0 Å². The van der Waals surface area contributed by atoms with Gasteiger partial charge in [0.25, 0.3) is 0 Å². The molecule has 0 saturated heterocycles. The number of para-hydroxylation sites is 1. The summed E-state index contributed by atoms with van der Waals surface area (Å²) in [6, 6.07) is 21.0. The van der Waals surface area contributed by atoms with Crippen LogP contribution in [0.3, 0.4) is 0 Å². The van der Waals surface area contributed by atoms with Crippen LogP contribution in [0.15, 0.2) is 73.3 Å². The molecule has 2 aromatic carbocycles. The molecule has 0 aliphatic carbocycles. The highest BCUT2D eigenvalue weighted by molar-refractivity contribution is 5.49. The summed E-state index contributed by atoms with van der Waals surface area (Å²) in [6.07, 6.45) is 1.97. The second-order valence-electron chi connectivity index (χ2n) is 4.04. The third-order valence-electron chi connectivity index (χ3n) is 2.95. The Bertz CT molecular complexity index is 461. The summed E-state index contributed by atoms with van der Waals surface area (Å²) in [5.41, 5.74) is 2.45. The van der Waals surface area contributed by atoms with Gasteiger partial charge in [0, 0.05) is 12.7 Å². The molecule has 0 aliphatic rings. The lowest BCUT2D eigenvalue weighted by Crippen LogP contribution is -2.22. The van der Waals surface area contributed by atoms with Crippen LogP contribution in [0.4, 0.5) is 5.69 Å². The molecule has 2 rings (SSSR count). The van der Waals surface area contributed by atoms with Gasteiger partial charge in [-0.2, -0.15) is 0 Å². The molecule has 1 heteroatoms. The Morgan fingerprint density at radius 3 is 2.00 bits per heavy atom. The van der Waals surface area contributed by atoms with Gasteiger partial charge in [-0.05, 0) is 17.7 Å². The number of hydrogen-bond donors (Lipinski definition) is 0. The van der Waals surface area contributed by atoms with Crippen molar-refractivity contribution < 1.29 is 0 Å². The number of nitrogens with zero attached hydrogens (tertiary/aromatic N) is 1. The van der Waals surface area contributed by atoms with Crippen molar-refractivity contribution in [1.29, 1.82) is 0 Å². The Morgan fingerprint density at radius 1 is 0.941 bits per heavy atom. The summed E-state index contributed by atoms with van der Waals surface area (Å²) in [5, 5.41) is 0. The zero-order chi connectivity index (χ0) is 12.1. The van der Waals surface area contributed by atoms with Crippen molar-refractivity contribution in [3.63, 3.8) is 0 Å². The van der Waals surface area contributed by atoms with Gasteiger partial charge in [-0.1, -0.05) is 54.6 Å². The highest BCUT2D eigenvalue weighted by Gasteiger charge is 2.12. The van der Waals surface area contributed by atoms with E-state index >= 15 is 0 Å². The van der Waals surface area contributed by atoms with Gasteiger partial charge in [0.15, 0.2) is 0 Å². The summed E-state index contributed by atoms with van der Waals surface area (Å²) in [5.74, 6) is 0. The molecular weight excluding hydrogens is 206 g/mol. The highest BCUT2D eigenvalue weighted by atomic mass is 15.1. The summed E-state index contributed by atoms with van der Waals surface area (Å²) in [7, 11) is 2.09. The standard InChI is InChI=1S/C16H17N/c1-3-16(14-10-6-4-7-11-14)17(2)15-12-8-5-9-13-15/h3-13,16H,1H2,2H3. The normalized spacial score (nSPS) is 11.8. The summed E-state index contributed by atoms with van der Waals surface area (Å²) >= 11 is 0. The predicted octanol–water partition coefficient (Wildman–Crippen LogP) is 4.05. The van der Waals surface area contributed by atoms with Gasteiger partial charge >= 0.3 is 0 Å². The molecule has 1 atom stereocenters. The largest absolute Gasteiger partial charge is 0.364 e. The molecule has 17 heavy (non-hydrogen) atoms. The molecule has 2 aromatic rings. The maximum Gasteiger partial charge on any atom is 0.0720 e. The SMILES string of the molecule is C=CC(c1ccccc1)N(C)c1ccccc1. The molecule has 1 nitrogen and oxygen atoms in total. The monoisotopic (exact) mass is 223 g/mol. The molecule has 0 fully saturated rings. The van der Waals surface area contributed by atoms with E-state index in [1.54, 1.807) is 0 Å². The summed E-state index contributed by atoms with van der Waals surface area (Å²) < 4.78 is 0. The van der Waals surface area contributed by atoms with E-state index in [1.165, 1.54) is 11.3 Å². The van der Waals surface area contributed by atoms with Crippen molar-refractivity contribution in [3.8, 4) is 0 Å². The summed E-state index contributed by atoms with van der Waals surface area (Å²) in [6.45, 7) is 3.94. The van der Waals surface area contributed by atoms with Gasteiger partial charge in [-0.25, -0.2) is 0 Å². The van der Waals surface area contributed by atoms with E-state index in [2.05, 4.69) is 67.1 Å².